The maximum atomic E-state index is 12.1. The number of amides is 1. The Kier molecular flexibility index (Phi) is 8.07. The van der Waals surface area contributed by atoms with Gasteiger partial charge in [0.05, 0.1) is 28.9 Å². The number of ether oxygens (including phenoxy) is 1. The van der Waals surface area contributed by atoms with E-state index in [4.69, 9.17) is 15.5 Å². The molecule has 0 saturated carbocycles. The van der Waals surface area contributed by atoms with Crippen molar-refractivity contribution in [3.63, 3.8) is 0 Å². The maximum Gasteiger partial charge on any atom is 0.294 e. The Labute approximate surface area is 243 Å². The molecule has 5 rings (SSSR count). The van der Waals surface area contributed by atoms with Gasteiger partial charge in [-0.3, -0.25) is 14.9 Å². The molecule has 2 aromatic carbocycles. The minimum absolute atomic E-state index is 0.0743. The van der Waals surface area contributed by atoms with Crippen LogP contribution in [0.3, 0.4) is 0 Å². The van der Waals surface area contributed by atoms with Crippen LogP contribution in [0.15, 0.2) is 48.8 Å². The van der Waals surface area contributed by atoms with Crippen LogP contribution in [0.1, 0.15) is 17.5 Å². The summed E-state index contributed by atoms with van der Waals surface area (Å²) >= 11 is 0. The Balaban J connectivity index is 1.59. The predicted octanol–water partition coefficient (Wildman–Crippen LogP) is 4.20. The van der Waals surface area contributed by atoms with Crippen molar-refractivity contribution in [1.29, 1.82) is 0 Å². The van der Waals surface area contributed by atoms with Crippen LogP contribution in [-0.2, 0) is 17.8 Å². The molecule has 3 N–H and O–H groups in total. The van der Waals surface area contributed by atoms with Crippen molar-refractivity contribution in [2.75, 3.05) is 51.6 Å². The first-order chi connectivity index (χ1) is 20.2. The van der Waals surface area contributed by atoms with Gasteiger partial charge in [0.15, 0.2) is 0 Å². The van der Waals surface area contributed by atoms with E-state index in [1.54, 1.807) is 18.3 Å². The molecule has 2 aromatic heterocycles. The van der Waals surface area contributed by atoms with Crippen molar-refractivity contribution in [3.8, 4) is 17.0 Å². The van der Waals surface area contributed by atoms with E-state index in [1.165, 1.54) is 30.3 Å². The van der Waals surface area contributed by atoms with E-state index in [-0.39, 0.29) is 11.6 Å². The molecule has 0 fully saturated rings. The SMILES string of the molecule is COc1cc(N(C)CCN(C)C)c([N+](=O)[O-])cc1Nc1ncc(C=CC(N)=O)c(-c2cn3c4c(cccc24)CCC3)n1. The Hall–Kier alpha value is -4.97. The number of carbonyl (C=O) groups is 1. The first kappa shape index (κ1) is 28.6. The van der Waals surface area contributed by atoms with Gasteiger partial charge in [-0.15, -0.1) is 0 Å². The third kappa shape index (κ3) is 5.75. The molecular weight excluding hydrogens is 536 g/mol. The number of aromatic nitrogens is 3. The fraction of sp³-hybridized carbons (Fsp3) is 0.300. The Morgan fingerprint density at radius 1 is 1.26 bits per heavy atom. The van der Waals surface area contributed by atoms with E-state index < -0.39 is 10.8 Å². The number of nitro groups is 1. The number of nitro benzene ring substituents is 1. The van der Waals surface area contributed by atoms with E-state index in [1.807, 2.05) is 37.0 Å². The molecular formula is C30H34N8O4. The summed E-state index contributed by atoms with van der Waals surface area (Å²) in [5, 5.41) is 16.3. The van der Waals surface area contributed by atoms with Crippen molar-refractivity contribution in [3.05, 3.63) is 70.0 Å². The van der Waals surface area contributed by atoms with Gasteiger partial charge in [-0.25, -0.2) is 9.97 Å². The number of anilines is 3. The predicted molar refractivity (Wildman–Crippen MR) is 164 cm³/mol. The van der Waals surface area contributed by atoms with Crippen LogP contribution in [0, 0.1) is 10.1 Å². The van der Waals surface area contributed by atoms with Gasteiger partial charge >= 0.3 is 0 Å². The number of hydrogen-bond acceptors (Lipinski definition) is 9. The Bertz CT molecular complexity index is 1690. The van der Waals surface area contributed by atoms with Crippen molar-refractivity contribution >= 4 is 45.9 Å². The molecule has 0 radical (unpaired) electrons. The summed E-state index contributed by atoms with van der Waals surface area (Å²) in [5.41, 5.74) is 10.6. The highest BCUT2D eigenvalue weighted by Gasteiger charge is 2.24. The Morgan fingerprint density at radius 2 is 2.07 bits per heavy atom. The third-order valence-corrected chi connectivity index (χ3v) is 7.36. The largest absolute Gasteiger partial charge is 0.494 e. The van der Waals surface area contributed by atoms with Crippen LogP contribution in [0.4, 0.5) is 23.0 Å². The van der Waals surface area contributed by atoms with Crippen molar-refractivity contribution in [2.45, 2.75) is 19.4 Å². The average molecular weight is 571 g/mol. The second-order valence-electron chi connectivity index (χ2n) is 10.5. The zero-order chi connectivity index (χ0) is 30.0. The third-order valence-electron chi connectivity index (χ3n) is 7.36. The monoisotopic (exact) mass is 570 g/mol. The second kappa shape index (κ2) is 11.9. The van der Waals surface area contributed by atoms with E-state index in [9.17, 15) is 14.9 Å². The molecule has 0 spiro atoms. The summed E-state index contributed by atoms with van der Waals surface area (Å²) in [6, 6.07) is 9.32. The van der Waals surface area contributed by atoms with Crippen LogP contribution >= 0.6 is 0 Å². The van der Waals surface area contributed by atoms with Gasteiger partial charge < -0.3 is 30.2 Å². The number of para-hydroxylation sites is 1. The number of carbonyl (C=O) groups excluding carboxylic acids is 1. The van der Waals surface area contributed by atoms with E-state index in [2.05, 4.69) is 33.2 Å². The number of nitrogens with two attached hydrogens (primary N) is 1. The summed E-state index contributed by atoms with van der Waals surface area (Å²) < 4.78 is 7.86. The summed E-state index contributed by atoms with van der Waals surface area (Å²) in [6.07, 6.45) is 8.59. The fourth-order valence-corrected chi connectivity index (χ4v) is 5.27. The molecule has 12 nitrogen and oxygen atoms in total. The standard InChI is InChI=1S/C30H34N8O4/c1-35(2)13-14-36(3)24-16-26(42-4)23(15-25(24)38(40)41)33-30-32-17-20(10-11-27(31)39)28(34-30)22-18-37-12-6-8-19-7-5-9-21(22)29(19)37/h5,7,9-11,15-18H,6,8,12-14H2,1-4H3,(H2,31,39)(H,32,33,34). The molecule has 0 atom stereocenters. The number of nitrogens with one attached hydrogen (secondary N) is 1. The molecule has 0 aliphatic carbocycles. The van der Waals surface area contributed by atoms with Crippen LogP contribution in [0.5, 0.6) is 5.75 Å². The molecule has 218 valence electrons. The lowest BCUT2D eigenvalue weighted by Crippen LogP contribution is -2.28. The van der Waals surface area contributed by atoms with Crippen molar-refractivity contribution in [1.82, 2.24) is 19.4 Å². The molecule has 12 heteroatoms. The van der Waals surface area contributed by atoms with Gasteiger partial charge in [-0.05, 0) is 38.6 Å². The smallest absolute Gasteiger partial charge is 0.294 e. The van der Waals surface area contributed by atoms with Crippen LogP contribution < -0.4 is 20.7 Å². The lowest BCUT2D eigenvalue weighted by Gasteiger charge is -2.22. The highest BCUT2D eigenvalue weighted by molar-refractivity contribution is 6.00. The first-order valence-corrected chi connectivity index (χ1v) is 13.6. The molecule has 42 heavy (non-hydrogen) atoms. The van der Waals surface area contributed by atoms with Gasteiger partial charge in [0.2, 0.25) is 11.9 Å². The fourth-order valence-electron chi connectivity index (χ4n) is 5.27. The average Bonchev–Trinajstić information content (AvgIpc) is 3.35. The van der Waals surface area contributed by atoms with Gasteiger partial charge in [-0.2, -0.15) is 0 Å². The molecule has 0 unspecified atom stereocenters. The summed E-state index contributed by atoms with van der Waals surface area (Å²) in [4.78, 5) is 36.4. The van der Waals surface area contributed by atoms with Crippen LogP contribution in [-0.4, -0.2) is 71.6 Å². The van der Waals surface area contributed by atoms with Gasteiger partial charge in [0.25, 0.3) is 5.69 Å². The van der Waals surface area contributed by atoms with Gasteiger partial charge in [0, 0.05) is 73.8 Å². The Morgan fingerprint density at radius 3 is 2.79 bits per heavy atom. The van der Waals surface area contributed by atoms with Crippen LogP contribution in [0.25, 0.3) is 28.2 Å². The highest BCUT2D eigenvalue weighted by Crippen LogP contribution is 2.40. The number of nitrogens with zero attached hydrogens (tertiary/aromatic N) is 6. The van der Waals surface area contributed by atoms with Crippen molar-refractivity contribution in [2.24, 2.45) is 5.73 Å². The molecule has 0 bridgehead atoms. The summed E-state index contributed by atoms with van der Waals surface area (Å²) in [5.74, 6) is 0.0372. The highest BCUT2D eigenvalue weighted by atomic mass is 16.6. The lowest BCUT2D eigenvalue weighted by molar-refractivity contribution is -0.384. The number of aryl methyl sites for hydroxylation is 2. The minimum Gasteiger partial charge on any atom is -0.494 e. The van der Waals surface area contributed by atoms with E-state index >= 15 is 0 Å². The van der Waals surface area contributed by atoms with E-state index in [0.29, 0.717) is 34.9 Å². The number of methoxy groups -OCH3 is 1. The van der Waals surface area contributed by atoms with Gasteiger partial charge in [-0.1, -0.05) is 18.2 Å². The zero-order valence-corrected chi connectivity index (χ0v) is 24.1. The number of rotatable bonds is 11. The maximum absolute atomic E-state index is 12.1. The topological polar surface area (TPSA) is 145 Å². The molecule has 1 aliphatic rings. The quantitative estimate of drug-likeness (QED) is 0.154. The number of hydrogen-bond donors (Lipinski definition) is 2. The van der Waals surface area contributed by atoms with Crippen molar-refractivity contribution < 1.29 is 14.5 Å². The second-order valence-corrected chi connectivity index (χ2v) is 10.5. The summed E-state index contributed by atoms with van der Waals surface area (Å²) in [7, 11) is 7.21. The molecule has 3 heterocycles. The van der Waals surface area contributed by atoms with Gasteiger partial charge in [0.1, 0.15) is 11.4 Å². The van der Waals surface area contributed by atoms with E-state index in [0.717, 1.165) is 36.9 Å². The lowest BCUT2D eigenvalue weighted by atomic mass is 10.0. The van der Waals surface area contributed by atoms with Crippen LogP contribution in [0.2, 0.25) is 0 Å². The first-order valence-electron chi connectivity index (χ1n) is 13.6. The number of benzene rings is 2. The molecule has 4 aromatic rings. The zero-order valence-electron chi connectivity index (χ0n) is 24.1. The molecule has 1 amide bonds. The molecule has 1 aliphatic heterocycles. The molecule has 0 saturated heterocycles. The summed E-state index contributed by atoms with van der Waals surface area (Å²) in [6.45, 7) is 2.21. The number of likely N-dealkylation sites (N-methyl/N-ethyl adjacent to an activating group) is 2. The normalized spacial score (nSPS) is 12.7. The number of primary amides is 1. The minimum atomic E-state index is -0.585.